The van der Waals surface area contributed by atoms with Crippen LogP contribution in [0.1, 0.15) is 37.9 Å². The van der Waals surface area contributed by atoms with Crippen molar-refractivity contribution < 1.29 is 0 Å². The SMILES string of the molecule is Cc1nc(NN)cc(N2CCCC3CCCC32)n1. The summed E-state index contributed by atoms with van der Waals surface area (Å²) < 4.78 is 0. The molecule has 2 fully saturated rings. The van der Waals surface area contributed by atoms with Crippen LogP contribution in [0.2, 0.25) is 0 Å². The third-order valence-corrected chi connectivity index (χ3v) is 4.26. The minimum atomic E-state index is 0.679. The molecule has 2 atom stereocenters. The molecule has 3 N–H and O–H groups in total. The van der Waals surface area contributed by atoms with E-state index in [2.05, 4.69) is 20.3 Å². The summed E-state index contributed by atoms with van der Waals surface area (Å²) in [7, 11) is 0. The number of nitrogens with zero attached hydrogens (tertiary/aromatic N) is 3. The molecular formula is C13H21N5. The Morgan fingerprint density at radius 2 is 2.11 bits per heavy atom. The first-order valence-corrected chi connectivity index (χ1v) is 6.87. The molecule has 0 radical (unpaired) electrons. The van der Waals surface area contributed by atoms with E-state index in [1.54, 1.807) is 0 Å². The van der Waals surface area contributed by atoms with Gasteiger partial charge in [-0.3, -0.25) is 0 Å². The van der Waals surface area contributed by atoms with E-state index >= 15 is 0 Å². The van der Waals surface area contributed by atoms with Crippen LogP contribution in [0.5, 0.6) is 0 Å². The molecule has 1 aliphatic carbocycles. The summed E-state index contributed by atoms with van der Waals surface area (Å²) in [6.07, 6.45) is 6.70. The van der Waals surface area contributed by atoms with Crippen LogP contribution in [0.4, 0.5) is 11.6 Å². The maximum absolute atomic E-state index is 5.47. The molecule has 1 aromatic rings. The number of piperidine rings is 1. The molecule has 2 heterocycles. The second kappa shape index (κ2) is 4.72. The fourth-order valence-electron chi connectivity index (χ4n) is 3.51. The minimum Gasteiger partial charge on any atom is -0.353 e. The fraction of sp³-hybridized carbons (Fsp3) is 0.692. The fourth-order valence-corrected chi connectivity index (χ4v) is 3.51. The molecule has 3 rings (SSSR count). The van der Waals surface area contributed by atoms with E-state index in [0.29, 0.717) is 11.9 Å². The zero-order valence-electron chi connectivity index (χ0n) is 10.9. The molecular weight excluding hydrogens is 226 g/mol. The summed E-state index contributed by atoms with van der Waals surface area (Å²) in [6.45, 7) is 3.03. The third kappa shape index (κ3) is 2.03. The van der Waals surface area contributed by atoms with Gasteiger partial charge in [-0.1, -0.05) is 6.42 Å². The van der Waals surface area contributed by atoms with E-state index in [-0.39, 0.29) is 0 Å². The normalized spacial score (nSPS) is 27.1. The van der Waals surface area contributed by atoms with Crippen LogP contribution in [0.3, 0.4) is 0 Å². The molecule has 0 bridgehead atoms. The number of anilines is 2. The molecule has 0 spiro atoms. The predicted octanol–water partition coefficient (Wildman–Crippen LogP) is 1.84. The topological polar surface area (TPSA) is 67.1 Å². The number of aryl methyl sites for hydroxylation is 1. The number of fused-ring (bicyclic) bond motifs is 1. The smallest absolute Gasteiger partial charge is 0.145 e. The Morgan fingerprint density at radius 1 is 1.28 bits per heavy atom. The molecule has 2 aliphatic rings. The van der Waals surface area contributed by atoms with Crippen LogP contribution in [0.15, 0.2) is 6.07 Å². The van der Waals surface area contributed by atoms with Crippen molar-refractivity contribution in [2.45, 2.75) is 45.1 Å². The summed E-state index contributed by atoms with van der Waals surface area (Å²) in [4.78, 5) is 11.3. The van der Waals surface area contributed by atoms with Crippen LogP contribution in [0, 0.1) is 12.8 Å². The number of rotatable bonds is 2. The average Bonchev–Trinajstić information content (AvgIpc) is 2.85. The van der Waals surface area contributed by atoms with Gasteiger partial charge in [-0.25, -0.2) is 15.8 Å². The summed E-state index contributed by atoms with van der Waals surface area (Å²) in [5.41, 5.74) is 2.63. The predicted molar refractivity (Wildman–Crippen MR) is 72.3 cm³/mol. The zero-order chi connectivity index (χ0) is 12.5. The van der Waals surface area contributed by atoms with Gasteiger partial charge in [-0.15, -0.1) is 0 Å². The highest BCUT2D eigenvalue weighted by atomic mass is 15.3. The van der Waals surface area contributed by atoms with Crippen molar-refractivity contribution in [2.24, 2.45) is 11.8 Å². The van der Waals surface area contributed by atoms with Crippen molar-refractivity contribution in [3.8, 4) is 0 Å². The highest BCUT2D eigenvalue weighted by molar-refractivity contribution is 5.50. The van der Waals surface area contributed by atoms with Crippen LogP contribution in [0.25, 0.3) is 0 Å². The second-order valence-corrected chi connectivity index (χ2v) is 5.40. The number of nitrogens with two attached hydrogens (primary N) is 1. The Labute approximate surface area is 108 Å². The van der Waals surface area contributed by atoms with Gasteiger partial charge in [0.1, 0.15) is 17.5 Å². The van der Waals surface area contributed by atoms with Crippen LogP contribution >= 0.6 is 0 Å². The molecule has 5 heteroatoms. The van der Waals surface area contributed by atoms with Crippen molar-refractivity contribution in [3.63, 3.8) is 0 Å². The van der Waals surface area contributed by atoms with Gasteiger partial charge in [0, 0.05) is 18.7 Å². The van der Waals surface area contributed by atoms with Crippen molar-refractivity contribution in [2.75, 3.05) is 16.9 Å². The van der Waals surface area contributed by atoms with E-state index in [0.717, 1.165) is 24.1 Å². The van der Waals surface area contributed by atoms with Crippen LogP contribution < -0.4 is 16.2 Å². The lowest BCUT2D eigenvalue weighted by Gasteiger charge is -2.38. The first-order chi connectivity index (χ1) is 8.78. The Balaban J connectivity index is 1.90. The monoisotopic (exact) mass is 247 g/mol. The van der Waals surface area contributed by atoms with Gasteiger partial charge in [-0.2, -0.15) is 0 Å². The Bertz CT molecular complexity index is 433. The van der Waals surface area contributed by atoms with E-state index in [1.165, 1.54) is 32.1 Å². The van der Waals surface area contributed by atoms with Gasteiger partial charge < -0.3 is 10.3 Å². The number of nitrogens with one attached hydrogen (secondary N) is 1. The highest BCUT2D eigenvalue weighted by Crippen LogP contribution is 2.38. The van der Waals surface area contributed by atoms with Gasteiger partial charge in [0.2, 0.25) is 0 Å². The van der Waals surface area contributed by atoms with Gasteiger partial charge in [0.25, 0.3) is 0 Å². The summed E-state index contributed by atoms with van der Waals surface area (Å²) >= 11 is 0. The molecule has 0 aromatic carbocycles. The number of nitrogen functional groups attached to an aromatic ring is 1. The molecule has 1 aliphatic heterocycles. The first kappa shape index (κ1) is 11.7. The molecule has 0 amide bonds. The summed E-state index contributed by atoms with van der Waals surface area (Å²) in [5, 5.41) is 0. The van der Waals surface area contributed by atoms with Gasteiger partial charge in [0.15, 0.2) is 0 Å². The first-order valence-electron chi connectivity index (χ1n) is 6.87. The van der Waals surface area contributed by atoms with Crippen molar-refractivity contribution >= 4 is 11.6 Å². The Hall–Kier alpha value is -1.36. The van der Waals surface area contributed by atoms with E-state index in [9.17, 15) is 0 Å². The quantitative estimate of drug-likeness (QED) is 0.616. The lowest BCUT2D eigenvalue weighted by Crippen LogP contribution is -2.43. The third-order valence-electron chi connectivity index (χ3n) is 4.26. The molecule has 1 saturated carbocycles. The van der Waals surface area contributed by atoms with Gasteiger partial charge in [-0.05, 0) is 38.5 Å². The number of aromatic nitrogens is 2. The molecule has 2 unspecified atom stereocenters. The average molecular weight is 247 g/mol. The molecule has 98 valence electrons. The zero-order valence-corrected chi connectivity index (χ0v) is 10.9. The molecule has 1 saturated heterocycles. The number of hydrogen-bond acceptors (Lipinski definition) is 5. The number of hydrazine groups is 1. The van der Waals surface area contributed by atoms with Crippen LogP contribution in [-0.4, -0.2) is 22.6 Å². The standard InChI is InChI=1S/C13H21N5/c1-9-15-12(17-14)8-13(16-9)18-7-3-5-10-4-2-6-11(10)18/h8,10-11H,2-7,14H2,1H3,(H,15,16,17). The van der Waals surface area contributed by atoms with Crippen molar-refractivity contribution in [1.82, 2.24) is 9.97 Å². The van der Waals surface area contributed by atoms with Gasteiger partial charge >= 0.3 is 0 Å². The lowest BCUT2D eigenvalue weighted by molar-refractivity contribution is 0.360. The minimum absolute atomic E-state index is 0.679. The summed E-state index contributed by atoms with van der Waals surface area (Å²) in [6, 6.07) is 2.65. The van der Waals surface area contributed by atoms with Crippen molar-refractivity contribution in [1.29, 1.82) is 0 Å². The molecule has 5 nitrogen and oxygen atoms in total. The summed E-state index contributed by atoms with van der Waals surface area (Å²) in [5.74, 6) is 8.85. The largest absolute Gasteiger partial charge is 0.353 e. The molecule has 1 aromatic heterocycles. The van der Waals surface area contributed by atoms with Gasteiger partial charge in [0.05, 0.1) is 0 Å². The van der Waals surface area contributed by atoms with Crippen molar-refractivity contribution in [3.05, 3.63) is 11.9 Å². The number of hydrogen-bond donors (Lipinski definition) is 2. The maximum atomic E-state index is 5.47. The van der Waals surface area contributed by atoms with E-state index in [4.69, 9.17) is 5.84 Å². The molecule has 18 heavy (non-hydrogen) atoms. The lowest BCUT2D eigenvalue weighted by atomic mass is 9.92. The van der Waals surface area contributed by atoms with Crippen LogP contribution in [-0.2, 0) is 0 Å². The Morgan fingerprint density at radius 3 is 2.94 bits per heavy atom. The Kier molecular flexibility index (Phi) is 3.07. The van der Waals surface area contributed by atoms with E-state index in [1.807, 2.05) is 13.0 Å². The highest BCUT2D eigenvalue weighted by Gasteiger charge is 2.35. The maximum Gasteiger partial charge on any atom is 0.145 e. The van der Waals surface area contributed by atoms with E-state index < -0.39 is 0 Å². The second-order valence-electron chi connectivity index (χ2n) is 5.40.